The average molecular weight is 673 g/mol. The summed E-state index contributed by atoms with van der Waals surface area (Å²) in [5, 5.41) is 3.02. The molecule has 3 aromatic carbocycles. The molecule has 0 aliphatic heterocycles. The molecule has 0 aliphatic rings. The second-order valence-corrected chi connectivity index (χ2v) is 12.8. The second kappa shape index (κ2) is 14.6. The fourth-order valence-electron chi connectivity index (χ4n) is 3.04. The highest BCUT2D eigenvalue weighted by molar-refractivity contribution is 9.10. The van der Waals surface area contributed by atoms with Crippen molar-refractivity contribution >= 4 is 32.1 Å². The molecule has 188 valence electrons. The van der Waals surface area contributed by atoms with Gasteiger partial charge in [-0.25, -0.2) is 13.2 Å². The van der Waals surface area contributed by atoms with E-state index in [1.807, 2.05) is 20.8 Å². The molecule has 0 bridgehead atoms. The molecule has 0 radical (unpaired) electrons. The molecule has 2 amide bonds. The summed E-state index contributed by atoms with van der Waals surface area (Å²) < 4.78 is 35.1. The molecule has 0 spiro atoms. The third kappa shape index (κ3) is 10.3. The first-order valence-corrected chi connectivity index (χ1v) is 15.5. The molecular formula is C26H30BrIN2O4S. The van der Waals surface area contributed by atoms with Gasteiger partial charge in [0.1, 0.15) is 10.1 Å². The molecule has 0 aromatic heterocycles. The van der Waals surface area contributed by atoms with Gasteiger partial charge in [0.25, 0.3) is 0 Å². The van der Waals surface area contributed by atoms with Crippen LogP contribution in [0.5, 0.6) is 0 Å². The number of carbonyl (C=O) groups excluding carboxylic acids is 1. The maximum absolute atomic E-state index is 12.0. The molecule has 0 heterocycles. The third-order valence-corrected chi connectivity index (χ3v) is 9.36. The number of carbonyl (C=O) groups is 1. The summed E-state index contributed by atoms with van der Waals surface area (Å²) in [6.45, 7) is 7.99. The Morgan fingerprint density at radius 2 is 1.57 bits per heavy atom. The number of hydrogen-bond donors (Lipinski definition) is 1. The van der Waals surface area contributed by atoms with Gasteiger partial charge in [-0.3, -0.25) is 0 Å². The van der Waals surface area contributed by atoms with Crippen molar-refractivity contribution in [2.45, 2.75) is 32.1 Å². The van der Waals surface area contributed by atoms with Crippen LogP contribution in [0, 0.1) is 14.1 Å². The van der Waals surface area contributed by atoms with Crippen molar-refractivity contribution in [3.05, 3.63) is 95.5 Å². The third-order valence-electron chi connectivity index (χ3n) is 5.00. The van der Waals surface area contributed by atoms with E-state index in [1.54, 1.807) is 17.0 Å². The van der Waals surface area contributed by atoms with Crippen LogP contribution in [0.2, 0.25) is 0 Å². The zero-order valence-electron chi connectivity index (χ0n) is 20.0. The average Bonchev–Trinajstić information content (AvgIpc) is 2.82. The van der Waals surface area contributed by atoms with Gasteiger partial charge in [0, 0.05) is 29.7 Å². The quantitative estimate of drug-likeness (QED) is 0.293. The molecular weight excluding hydrogens is 643 g/mol. The molecule has 6 nitrogen and oxygen atoms in total. The Hall–Kier alpha value is -1.95. The molecule has 0 saturated carbocycles. The number of urea groups is 1. The van der Waals surface area contributed by atoms with Crippen molar-refractivity contribution in [2.75, 3.05) is 19.6 Å². The number of halogens is 2. The number of nitrogens with one attached hydrogen (secondary N) is 1. The molecule has 1 N–H and O–H groups in total. The van der Waals surface area contributed by atoms with Crippen LogP contribution in [0.1, 0.15) is 25.0 Å². The number of benzene rings is 3. The summed E-state index contributed by atoms with van der Waals surface area (Å²) in [7, 11) is -4.27. The lowest BCUT2D eigenvalue weighted by Gasteiger charge is -2.19. The first-order chi connectivity index (χ1) is 16.6. The Balaban J connectivity index is 0.000000328. The van der Waals surface area contributed by atoms with Gasteiger partial charge in [0.2, 0.25) is 0 Å². The van der Waals surface area contributed by atoms with E-state index in [-0.39, 0.29) is 32.1 Å². The van der Waals surface area contributed by atoms with Gasteiger partial charge in [0.05, 0.1) is 4.90 Å². The molecule has 35 heavy (non-hydrogen) atoms. The zero-order valence-corrected chi connectivity index (χ0v) is 24.6. The maximum Gasteiger partial charge on any atom is 0.358 e. The SMILES string of the molecule is CCN(CC)C(=O)NCCc1ccccc1[I+]c1ccc(Br)cc1.Cc1ccc(S(=O)(=O)[O-])cc1. The van der Waals surface area contributed by atoms with Crippen molar-refractivity contribution in [2.24, 2.45) is 0 Å². The summed E-state index contributed by atoms with van der Waals surface area (Å²) in [6, 6.07) is 23.0. The van der Waals surface area contributed by atoms with Gasteiger partial charge < -0.3 is 14.8 Å². The molecule has 0 saturated heterocycles. The molecule has 3 rings (SSSR count). The van der Waals surface area contributed by atoms with Crippen LogP contribution in [0.3, 0.4) is 0 Å². The van der Waals surface area contributed by atoms with Crippen molar-refractivity contribution in [1.82, 2.24) is 10.2 Å². The number of nitrogens with zero attached hydrogens (tertiary/aromatic N) is 1. The highest BCUT2D eigenvalue weighted by Gasteiger charge is 2.19. The smallest absolute Gasteiger partial charge is 0.358 e. The first kappa shape index (κ1) is 29.3. The minimum Gasteiger partial charge on any atom is -0.744 e. The van der Waals surface area contributed by atoms with E-state index in [0.717, 1.165) is 29.5 Å². The second-order valence-electron chi connectivity index (χ2n) is 7.54. The van der Waals surface area contributed by atoms with Gasteiger partial charge >= 0.3 is 27.2 Å². The van der Waals surface area contributed by atoms with Crippen LogP contribution in [0.4, 0.5) is 4.79 Å². The normalized spacial score (nSPS) is 10.8. The monoisotopic (exact) mass is 672 g/mol. The molecule has 3 aromatic rings. The van der Waals surface area contributed by atoms with Gasteiger partial charge in [-0.15, -0.1) is 0 Å². The number of rotatable bonds is 8. The van der Waals surface area contributed by atoms with E-state index in [9.17, 15) is 17.8 Å². The Kier molecular flexibility index (Phi) is 12.2. The molecule has 9 heteroatoms. The van der Waals surface area contributed by atoms with Crippen LogP contribution in [0.15, 0.2) is 82.2 Å². The largest absolute Gasteiger partial charge is 0.744 e. The first-order valence-electron chi connectivity index (χ1n) is 11.2. The van der Waals surface area contributed by atoms with E-state index >= 15 is 0 Å². The molecule has 0 fully saturated rings. The highest BCUT2D eigenvalue weighted by atomic mass is 127. The molecule has 0 aliphatic carbocycles. The van der Waals surface area contributed by atoms with Crippen LogP contribution >= 0.6 is 15.9 Å². The number of aryl methyl sites for hydroxylation is 1. The lowest BCUT2D eigenvalue weighted by molar-refractivity contribution is -0.598. The lowest BCUT2D eigenvalue weighted by Crippen LogP contribution is -3.61. The van der Waals surface area contributed by atoms with Crippen molar-refractivity contribution in [1.29, 1.82) is 0 Å². The van der Waals surface area contributed by atoms with Gasteiger partial charge in [-0.05, 0) is 69.7 Å². The fraction of sp³-hybridized carbons (Fsp3) is 0.269. The van der Waals surface area contributed by atoms with Crippen molar-refractivity contribution < 1.29 is 39.0 Å². The highest BCUT2D eigenvalue weighted by Crippen LogP contribution is 2.08. The summed E-state index contributed by atoms with van der Waals surface area (Å²) in [4.78, 5) is 13.6. The minimum absolute atomic E-state index is 0.0279. The van der Waals surface area contributed by atoms with E-state index in [0.29, 0.717) is 6.54 Å². The van der Waals surface area contributed by atoms with E-state index in [1.165, 1.54) is 24.8 Å². The lowest BCUT2D eigenvalue weighted by atomic mass is 10.1. The number of hydrogen-bond acceptors (Lipinski definition) is 4. The van der Waals surface area contributed by atoms with Gasteiger partial charge in [0.15, 0.2) is 7.14 Å². The minimum atomic E-state index is -4.27. The summed E-state index contributed by atoms with van der Waals surface area (Å²) in [5.41, 5.74) is 2.27. The zero-order chi connectivity index (χ0) is 25.8. The summed E-state index contributed by atoms with van der Waals surface area (Å²) in [5.74, 6) is 0. The maximum atomic E-state index is 12.0. The van der Waals surface area contributed by atoms with Crippen LogP contribution in [-0.2, 0) is 16.5 Å². The van der Waals surface area contributed by atoms with Crippen molar-refractivity contribution in [3.63, 3.8) is 0 Å². The molecule has 0 atom stereocenters. The topological polar surface area (TPSA) is 89.5 Å². The van der Waals surface area contributed by atoms with Crippen molar-refractivity contribution in [3.8, 4) is 0 Å². The predicted molar refractivity (Wildman–Crippen MR) is 137 cm³/mol. The van der Waals surface area contributed by atoms with Crippen LogP contribution in [0.25, 0.3) is 0 Å². The summed E-state index contributed by atoms with van der Waals surface area (Å²) >= 11 is 3.28. The van der Waals surface area contributed by atoms with E-state index < -0.39 is 10.1 Å². The Morgan fingerprint density at radius 3 is 2.14 bits per heavy atom. The van der Waals surface area contributed by atoms with E-state index in [4.69, 9.17) is 0 Å². The Labute approximate surface area is 227 Å². The van der Waals surface area contributed by atoms with E-state index in [2.05, 4.69) is 69.8 Å². The molecule has 0 unspecified atom stereocenters. The Morgan fingerprint density at radius 1 is 0.971 bits per heavy atom. The fourth-order valence-corrected chi connectivity index (χ4v) is 6.34. The predicted octanol–water partition coefficient (Wildman–Crippen LogP) is 2.07. The van der Waals surface area contributed by atoms with Gasteiger partial charge in [-0.1, -0.05) is 51.8 Å². The van der Waals surface area contributed by atoms with Crippen LogP contribution in [-0.4, -0.2) is 43.5 Å². The standard InChI is InChI=1S/C19H22BrIN2O.C7H8O3S/c1-3-23(4-2)19(24)22-14-13-15-7-5-6-8-18(15)21-17-11-9-16(20)10-12-17;1-6-2-4-7(5-3-6)11(8,9)10/h5-12H,3-4,13-14H2,1-2H3;2-5H,1H3,(H,8,9,10). The summed E-state index contributed by atoms with van der Waals surface area (Å²) in [6.07, 6.45) is 0.874. The number of amides is 2. The van der Waals surface area contributed by atoms with Crippen LogP contribution < -0.4 is 26.5 Å². The Bertz CT molecular complexity index is 1180. The van der Waals surface area contributed by atoms with Gasteiger partial charge in [-0.2, -0.15) is 0 Å².